The summed E-state index contributed by atoms with van der Waals surface area (Å²) in [7, 11) is 0. The summed E-state index contributed by atoms with van der Waals surface area (Å²) < 4.78 is 3.58. The van der Waals surface area contributed by atoms with Crippen molar-refractivity contribution < 1.29 is 4.79 Å². The summed E-state index contributed by atoms with van der Waals surface area (Å²) in [6.07, 6.45) is 4.28. The summed E-state index contributed by atoms with van der Waals surface area (Å²) in [6, 6.07) is 9.98. The summed E-state index contributed by atoms with van der Waals surface area (Å²) in [4.78, 5) is 16.3. The van der Waals surface area contributed by atoms with Gasteiger partial charge in [0.25, 0.3) is 0 Å². The number of pyridine rings is 1. The van der Waals surface area contributed by atoms with Crippen molar-refractivity contribution in [2.75, 3.05) is 6.54 Å². The highest BCUT2D eigenvalue weighted by molar-refractivity contribution is 7.98. The molecule has 0 aliphatic rings. The number of unbranched alkanes of at least 4 members (excludes halogenated alkanes) is 1. The fourth-order valence-corrected chi connectivity index (χ4v) is 3.02. The summed E-state index contributed by atoms with van der Waals surface area (Å²) >= 11 is 1.74. The van der Waals surface area contributed by atoms with Crippen LogP contribution in [0, 0.1) is 0 Å². The molecule has 1 amide bonds. The zero-order chi connectivity index (χ0) is 17.4. The molecule has 0 saturated carbocycles. The molecule has 5 heteroatoms. The SMILES string of the molecule is CC(C)(C)SNCCCCC(=O)NCc1ccnc2ccccc12. The lowest BCUT2D eigenvalue weighted by molar-refractivity contribution is -0.121. The number of carbonyl (C=O) groups is 1. The first kappa shape index (κ1) is 18.7. The molecule has 2 rings (SSSR count). The quantitative estimate of drug-likeness (QED) is 0.560. The fourth-order valence-electron chi connectivity index (χ4n) is 2.34. The van der Waals surface area contributed by atoms with Gasteiger partial charge < -0.3 is 5.32 Å². The van der Waals surface area contributed by atoms with Gasteiger partial charge in [0.05, 0.1) is 5.52 Å². The van der Waals surface area contributed by atoms with Crippen LogP contribution in [0.2, 0.25) is 0 Å². The highest BCUT2D eigenvalue weighted by Gasteiger charge is 2.09. The van der Waals surface area contributed by atoms with Crippen molar-refractivity contribution in [1.29, 1.82) is 0 Å². The van der Waals surface area contributed by atoms with Gasteiger partial charge in [-0.3, -0.25) is 14.5 Å². The molecule has 0 atom stereocenters. The minimum absolute atomic E-state index is 0.111. The van der Waals surface area contributed by atoms with Crippen molar-refractivity contribution in [2.45, 2.75) is 51.3 Å². The predicted molar refractivity (Wildman–Crippen MR) is 103 cm³/mol. The molecule has 4 nitrogen and oxygen atoms in total. The number of fused-ring (bicyclic) bond motifs is 1. The molecule has 0 bridgehead atoms. The van der Waals surface area contributed by atoms with E-state index in [9.17, 15) is 4.79 Å². The first-order chi connectivity index (χ1) is 11.5. The molecule has 0 unspecified atom stereocenters. The van der Waals surface area contributed by atoms with Gasteiger partial charge in [-0.25, -0.2) is 0 Å². The number of aromatic nitrogens is 1. The molecule has 0 radical (unpaired) electrons. The van der Waals surface area contributed by atoms with Gasteiger partial charge in [0.15, 0.2) is 0 Å². The molecule has 0 fully saturated rings. The largest absolute Gasteiger partial charge is 0.352 e. The van der Waals surface area contributed by atoms with E-state index in [-0.39, 0.29) is 10.7 Å². The van der Waals surface area contributed by atoms with E-state index in [0.717, 1.165) is 35.9 Å². The number of para-hydroxylation sites is 1. The maximum atomic E-state index is 12.0. The van der Waals surface area contributed by atoms with Crippen molar-refractivity contribution in [1.82, 2.24) is 15.0 Å². The summed E-state index contributed by atoms with van der Waals surface area (Å²) in [6.45, 7) is 8.03. The molecule has 0 saturated heterocycles. The van der Waals surface area contributed by atoms with E-state index in [0.29, 0.717) is 13.0 Å². The van der Waals surface area contributed by atoms with Gasteiger partial charge >= 0.3 is 0 Å². The lowest BCUT2D eigenvalue weighted by atomic mass is 10.1. The van der Waals surface area contributed by atoms with E-state index >= 15 is 0 Å². The van der Waals surface area contributed by atoms with Crippen LogP contribution in [0.15, 0.2) is 36.5 Å². The van der Waals surface area contributed by atoms with Gasteiger partial charge in [0, 0.05) is 35.8 Å². The van der Waals surface area contributed by atoms with Crippen LogP contribution in [-0.2, 0) is 11.3 Å². The van der Waals surface area contributed by atoms with Gasteiger partial charge in [0.2, 0.25) is 5.91 Å². The number of benzene rings is 1. The monoisotopic (exact) mass is 345 g/mol. The fraction of sp³-hybridized carbons (Fsp3) is 0.474. The molecular formula is C19H27N3OS. The van der Waals surface area contributed by atoms with Gasteiger partial charge in [-0.1, -0.05) is 30.1 Å². The van der Waals surface area contributed by atoms with E-state index < -0.39 is 0 Å². The Labute approximate surface area is 149 Å². The Morgan fingerprint density at radius 3 is 2.75 bits per heavy atom. The van der Waals surface area contributed by atoms with Crippen LogP contribution in [0.3, 0.4) is 0 Å². The lowest BCUT2D eigenvalue weighted by Gasteiger charge is -2.17. The first-order valence-electron chi connectivity index (χ1n) is 8.46. The zero-order valence-corrected chi connectivity index (χ0v) is 15.6. The topological polar surface area (TPSA) is 54.0 Å². The minimum Gasteiger partial charge on any atom is -0.352 e. The molecule has 0 aliphatic carbocycles. The van der Waals surface area contributed by atoms with Gasteiger partial charge in [-0.2, -0.15) is 0 Å². The smallest absolute Gasteiger partial charge is 0.220 e. The zero-order valence-electron chi connectivity index (χ0n) is 14.8. The average Bonchev–Trinajstić information content (AvgIpc) is 2.55. The number of rotatable bonds is 8. The van der Waals surface area contributed by atoms with E-state index in [4.69, 9.17) is 0 Å². The van der Waals surface area contributed by atoms with Gasteiger partial charge in [-0.15, -0.1) is 0 Å². The number of amides is 1. The van der Waals surface area contributed by atoms with E-state index in [1.54, 1.807) is 18.1 Å². The Balaban J connectivity index is 1.68. The van der Waals surface area contributed by atoms with E-state index in [2.05, 4.69) is 35.8 Å². The normalized spacial score (nSPS) is 11.6. The minimum atomic E-state index is 0.111. The molecule has 130 valence electrons. The second kappa shape index (κ2) is 9.04. The molecule has 0 spiro atoms. The number of hydrogen-bond donors (Lipinski definition) is 2. The molecule has 2 N–H and O–H groups in total. The molecular weight excluding hydrogens is 318 g/mol. The van der Waals surface area contributed by atoms with Crippen molar-refractivity contribution in [2.24, 2.45) is 0 Å². The van der Waals surface area contributed by atoms with Crippen LogP contribution in [0.1, 0.15) is 45.6 Å². The standard InChI is InChI=1S/C19H27N3OS/c1-19(2,3)24-22-12-7-6-10-18(23)21-14-15-11-13-20-17-9-5-4-8-16(15)17/h4-5,8-9,11,13,22H,6-7,10,12,14H2,1-3H3,(H,21,23). The second-order valence-corrected chi connectivity index (χ2v) is 8.55. The summed E-state index contributed by atoms with van der Waals surface area (Å²) in [5.74, 6) is 0.111. The molecule has 0 aliphatic heterocycles. The highest BCUT2D eigenvalue weighted by atomic mass is 32.2. The molecule has 1 heterocycles. The van der Waals surface area contributed by atoms with Gasteiger partial charge in [0.1, 0.15) is 0 Å². The Hall–Kier alpha value is -1.59. The van der Waals surface area contributed by atoms with Crippen molar-refractivity contribution in [3.05, 3.63) is 42.1 Å². The first-order valence-corrected chi connectivity index (χ1v) is 9.27. The Morgan fingerprint density at radius 2 is 1.96 bits per heavy atom. The number of nitrogens with one attached hydrogen (secondary N) is 2. The summed E-state index contributed by atoms with van der Waals surface area (Å²) in [5.41, 5.74) is 2.07. The van der Waals surface area contributed by atoms with Crippen molar-refractivity contribution in [3.8, 4) is 0 Å². The van der Waals surface area contributed by atoms with Crippen molar-refractivity contribution in [3.63, 3.8) is 0 Å². The van der Waals surface area contributed by atoms with E-state index in [1.165, 1.54) is 0 Å². The Morgan fingerprint density at radius 1 is 1.17 bits per heavy atom. The summed E-state index contributed by atoms with van der Waals surface area (Å²) in [5, 5.41) is 4.11. The van der Waals surface area contributed by atoms with Crippen LogP contribution < -0.4 is 10.0 Å². The van der Waals surface area contributed by atoms with E-state index in [1.807, 2.05) is 30.3 Å². The molecule has 24 heavy (non-hydrogen) atoms. The number of nitrogens with zero attached hydrogens (tertiary/aromatic N) is 1. The van der Waals surface area contributed by atoms with Crippen LogP contribution in [-0.4, -0.2) is 22.2 Å². The van der Waals surface area contributed by atoms with Crippen LogP contribution in [0.4, 0.5) is 0 Å². The Bertz CT molecular complexity index is 662. The van der Waals surface area contributed by atoms with Crippen molar-refractivity contribution >= 4 is 28.8 Å². The maximum Gasteiger partial charge on any atom is 0.220 e. The van der Waals surface area contributed by atoms with Gasteiger partial charge in [-0.05, 0) is 51.3 Å². The molecule has 2 aromatic rings. The third-order valence-electron chi connectivity index (χ3n) is 3.53. The highest BCUT2D eigenvalue weighted by Crippen LogP contribution is 2.19. The second-order valence-electron chi connectivity index (χ2n) is 6.83. The van der Waals surface area contributed by atoms with Crippen LogP contribution in [0.25, 0.3) is 10.9 Å². The Kier molecular flexibility index (Phi) is 7.06. The molecule has 1 aromatic carbocycles. The molecule has 1 aromatic heterocycles. The number of hydrogen-bond acceptors (Lipinski definition) is 4. The average molecular weight is 346 g/mol. The third kappa shape index (κ3) is 6.49. The lowest BCUT2D eigenvalue weighted by Crippen LogP contribution is -2.23. The predicted octanol–water partition coefficient (Wildman–Crippen LogP) is 4.06. The van der Waals surface area contributed by atoms with Crippen LogP contribution in [0.5, 0.6) is 0 Å². The van der Waals surface area contributed by atoms with Crippen LogP contribution >= 0.6 is 11.9 Å². The third-order valence-corrected chi connectivity index (χ3v) is 4.49. The maximum absolute atomic E-state index is 12.0. The number of carbonyl (C=O) groups excluding carboxylic acids is 1.